The summed E-state index contributed by atoms with van der Waals surface area (Å²) in [5.41, 5.74) is 0. The Hall–Kier alpha value is -0.586. The molecule has 17 heavy (non-hydrogen) atoms. The van der Waals surface area contributed by atoms with Crippen molar-refractivity contribution in [3.8, 4) is 0 Å². The molecule has 0 heterocycles. The predicted molar refractivity (Wildman–Crippen MR) is 53.1 cm³/mol. The van der Waals surface area contributed by atoms with Gasteiger partial charge >= 0.3 is 39.2 Å². The average molecular weight is 296 g/mol. The van der Waals surface area contributed by atoms with Crippen molar-refractivity contribution in [1.82, 2.24) is 12.3 Å². The fourth-order valence-corrected chi connectivity index (χ4v) is 0. The molecule has 12 N–H and O–H groups in total. The summed E-state index contributed by atoms with van der Waals surface area (Å²) >= 11 is -1.50. The van der Waals surface area contributed by atoms with Gasteiger partial charge in [0.25, 0.3) is 0 Å². The van der Waals surface area contributed by atoms with E-state index in [1.54, 1.807) is 0 Å². The normalized spacial score (nSPS) is 10.5. The van der Waals surface area contributed by atoms with E-state index < -0.39 is 44.1 Å². The summed E-state index contributed by atoms with van der Waals surface area (Å²) in [5.74, 6) is -2.37. The molecule has 0 radical (unpaired) electrons. The van der Waals surface area contributed by atoms with E-state index in [1.165, 1.54) is 13.8 Å². The number of rotatable bonds is 2. The zero-order valence-corrected chi connectivity index (χ0v) is 11.1. The van der Waals surface area contributed by atoms with Gasteiger partial charge in [-0.05, 0) is 13.8 Å². The Morgan fingerprint density at radius 3 is 0.941 bits per heavy atom. The molecule has 0 aliphatic carbocycles. The van der Waals surface area contributed by atoms with Gasteiger partial charge in [-0.25, -0.2) is 9.59 Å². The van der Waals surface area contributed by atoms with Gasteiger partial charge in [-0.2, -0.15) is 0 Å². The van der Waals surface area contributed by atoms with Gasteiger partial charge in [-0.3, -0.25) is 0 Å². The van der Waals surface area contributed by atoms with Crippen LogP contribution in [0.25, 0.3) is 0 Å². The third-order valence-corrected chi connectivity index (χ3v) is 0.715. The van der Waals surface area contributed by atoms with E-state index >= 15 is 0 Å². The van der Waals surface area contributed by atoms with Crippen LogP contribution in [0.2, 0.25) is 0 Å². The molecule has 0 aromatic carbocycles. The molecule has 106 valence electrons. The number of hydrogen-bond acceptors (Lipinski definition) is 8. The first kappa shape index (κ1) is 29.9. The summed E-state index contributed by atoms with van der Waals surface area (Å²) in [4.78, 5) is 18.9. The van der Waals surface area contributed by atoms with Crippen molar-refractivity contribution in [2.24, 2.45) is 0 Å². The van der Waals surface area contributed by atoms with Crippen molar-refractivity contribution in [3.05, 3.63) is 0 Å². The molecule has 0 aliphatic rings. The van der Waals surface area contributed by atoms with Crippen LogP contribution in [0, 0.1) is 0 Å². The number of aliphatic hydroxyl groups is 2. The van der Waals surface area contributed by atoms with Crippen LogP contribution in [-0.2, 0) is 29.5 Å². The summed E-state index contributed by atoms with van der Waals surface area (Å²) in [6.07, 6.45) is -2.46. The predicted octanol–water partition coefficient (Wildman–Crippen LogP) is -1.89. The van der Waals surface area contributed by atoms with Crippen molar-refractivity contribution >= 4 is 11.9 Å². The van der Waals surface area contributed by atoms with Gasteiger partial charge in [0, 0.05) is 0 Å². The molecule has 0 bridgehead atoms. The molecule has 2 unspecified atom stereocenters. The molecule has 0 saturated carbocycles. The maximum atomic E-state index is 9.45. The summed E-state index contributed by atoms with van der Waals surface area (Å²) in [5, 5.41) is 31.5. The van der Waals surface area contributed by atoms with Crippen molar-refractivity contribution in [2.75, 3.05) is 0 Å². The SMILES string of the molecule is CC(O)C(=O)O.CC(O)C(=O)O.N.N.[OH][Ti][OH]. The number of carboxylic acid groups (broad SMARTS) is 2. The molecule has 10 nitrogen and oxygen atoms in total. The van der Waals surface area contributed by atoms with Crippen LogP contribution in [0.3, 0.4) is 0 Å². The second-order valence-corrected chi connectivity index (χ2v) is 2.44. The molecule has 0 aromatic rings. The van der Waals surface area contributed by atoms with Gasteiger partial charge in [0.2, 0.25) is 0 Å². The Balaban J connectivity index is -0.0000000421. The molecule has 0 aromatic heterocycles. The van der Waals surface area contributed by atoms with Crippen LogP contribution in [0.5, 0.6) is 0 Å². The van der Waals surface area contributed by atoms with E-state index in [-0.39, 0.29) is 12.3 Å². The summed E-state index contributed by atoms with van der Waals surface area (Å²) in [6.45, 7) is 2.39. The molecule has 0 aliphatic heterocycles. The third-order valence-electron chi connectivity index (χ3n) is 0.715. The molecule has 0 fully saturated rings. The number of aliphatic carboxylic acids is 2. The second-order valence-electron chi connectivity index (χ2n) is 2.13. The second kappa shape index (κ2) is 20.8. The number of aliphatic hydroxyl groups excluding tert-OH is 2. The van der Waals surface area contributed by atoms with Gasteiger partial charge in [-0.1, -0.05) is 0 Å². The first-order chi connectivity index (χ1) is 6.70. The van der Waals surface area contributed by atoms with Crippen LogP contribution >= 0.6 is 0 Å². The van der Waals surface area contributed by atoms with Gasteiger partial charge in [-0.15, -0.1) is 0 Å². The van der Waals surface area contributed by atoms with Gasteiger partial charge in [0.05, 0.1) is 0 Å². The zero-order valence-electron chi connectivity index (χ0n) is 9.57. The average Bonchev–Trinajstić information content (AvgIpc) is 2.06. The summed E-state index contributed by atoms with van der Waals surface area (Å²) in [6, 6.07) is 0. The van der Waals surface area contributed by atoms with E-state index in [0.29, 0.717) is 0 Å². The first-order valence-electron chi connectivity index (χ1n) is 3.55. The standard InChI is InChI=1S/2C3H6O3.2H3N.2H2O.Ti/c2*1-2(4)3(5)6;;;;;/h2*2,4H,1H3,(H,5,6);2*1H3;2*1H2;/q;;;;;;+2/p-2. The summed E-state index contributed by atoms with van der Waals surface area (Å²) in [7, 11) is 0. The molecular weight excluding hydrogens is 276 g/mol. The zero-order chi connectivity index (χ0) is 13.0. The summed E-state index contributed by atoms with van der Waals surface area (Å²) < 4.78 is 14.5. The Labute approximate surface area is 108 Å². The topological polar surface area (TPSA) is 226 Å². The van der Waals surface area contributed by atoms with E-state index in [1.807, 2.05) is 0 Å². The van der Waals surface area contributed by atoms with Crippen molar-refractivity contribution < 1.29 is 57.3 Å². The van der Waals surface area contributed by atoms with Crippen LogP contribution in [0.15, 0.2) is 0 Å². The van der Waals surface area contributed by atoms with E-state index in [2.05, 4.69) is 0 Å². The monoisotopic (exact) mass is 296 g/mol. The van der Waals surface area contributed by atoms with Crippen LogP contribution in [-0.4, -0.2) is 51.9 Å². The fraction of sp³-hybridized carbons (Fsp3) is 0.667. The van der Waals surface area contributed by atoms with Crippen molar-refractivity contribution in [3.63, 3.8) is 0 Å². The fourth-order valence-electron chi connectivity index (χ4n) is 0. The first-order valence-corrected chi connectivity index (χ1v) is 4.95. The van der Waals surface area contributed by atoms with Crippen LogP contribution in [0.1, 0.15) is 13.8 Å². The Morgan fingerprint density at radius 1 is 0.882 bits per heavy atom. The van der Waals surface area contributed by atoms with E-state index in [9.17, 15) is 9.59 Å². The molecule has 0 spiro atoms. The minimum absolute atomic E-state index is 0. The Morgan fingerprint density at radius 2 is 0.941 bits per heavy atom. The van der Waals surface area contributed by atoms with Gasteiger partial charge in [0.1, 0.15) is 12.2 Å². The van der Waals surface area contributed by atoms with E-state index in [0.717, 1.165) is 0 Å². The minimum atomic E-state index is -1.50. The maximum absolute atomic E-state index is 9.45. The van der Waals surface area contributed by atoms with Crippen LogP contribution < -0.4 is 12.3 Å². The molecule has 0 rings (SSSR count). The van der Waals surface area contributed by atoms with E-state index in [4.69, 9.17) is 27.8 Å². The third kappa shape index (κ3) is 50.5. The molecule has 0 saturated heterocycles. The number of hydrogen-bond donors (Lipinski definition) is 8. The van der Waals surface area contributed by atoms with Crippen molar-refractivity contribution in [2.45, 2.75) is 26.1 Å². The Kier molecular flexibility index (Phi) is 36.6. The Bertz CT molecular complexity index is 159. The van der Waals surface area contributed by atoms with Crippen LogP contribution in [0.4, 0.5) is 0 Å². The molecule has 0 amide bonds. The number of carboxylic acids is 2. The van der Waals surface area contributed by atoms with Gasteiger partial charge in [0.15, 0.2) is 0 Å². The number of carbonyl (C=O) groups is 2. The molecule has 2 atom stereocenters. The molecular formula is C6H20N2O8Ti. The molecule has 11 heteroatoms. The van der Waals surface area contributed by atoms with Crippen molar-refractivity contribution in [1.29, 1.82) is 0 Å². The van der Waals surface area contributed by atoms with Gasteiger partial charge < -0.3 is 32.7 Å². The quantitative estimate of drug-likeness (QED) is 0.264.